The van der Waals surface area contributed by atoms with Crippen molar-refractivity contribution in [2.75, 3.05) is 0 Å². The number of ether oxygens (including phenoxy) is 2. The molecule has 0 saturated carbocycles. The standard InChI is InChI=1S/C10H17NO5/c1-6(12)15-9(16-7(2)13)10(3,4)5-8(11)14/h9H,5H2,1-4H3,(H2,11,14). The number of carbonyl (C=O) groups excluding carboxylic acids is 3. The number of primary amides is 1. The zero-order valence-corrected chi connectivity index (χ0v) is 9.90. The lowest BCUT2D eigenvalue weighted by molar-refractivity contribution is -0.207. The molecule has 0 aromatic rings. The van der Waals surface area contributed by atoms with Gasteiger partial charge in [-0.1, -0.05) is 13.8 Å². The van der Waals surface area contributed by atoms with Gasteiger partial charge >= 0.3 is 11.9 Å². The summed E-state index contributed by atoms with van der Waals surface area (Å²) in [5.74, 6) is -1.75. The van der Waals surface area contributed by atoms with E-state index in [4.69, 9.17) is 15.2 Å². The quantitative estimate of drug-likeness (QED) is 0.543. The van der Waals surface area contributed by atoms with Gasteiger partial charge in [-0.05, 0) is 0 Å². The maximum absolute atomic E-state index is 10.8. The molecule has 0 saturated heterocycles. The fraction of sp³-hybridized carbons (Fsp3) is 0.700. The van der Waals surface area contributed by atoms with Crippen molar-refractivity contribution in [2.45, 2.75) is 40.4 Å². The summed E-state index contributed by atoms with van der Waals surface area (Å²) in [6.45, 7) is 5.62. The van der Waals surface area contributed by atoms with E-state index in [1.807, 2.05) is 0 Å². The van der Waals surface area contributed by atoms with Crippen molar-refractivity contribution in [1.29, 1.82) is 0 Å². The second kappa shape index (κ2) is 5.48. The van der Waals surface area contributed by atoms with Gasteiger partial charge in [-0.25, -0.2) is 0 Å². The highest BCUT2D eigenvalue weighted by molar-refractivity contribution is 5.75. The summed E-state index contributed by atoms with van der Waals surface area (Å²) in [5, 5.41) is 0. The van der Waals surface area contributed by atoms with Crippen molar-refractivity contribution >= 4 is 17.8 Å². The molecule has 16 heavy (non-hydrogen) atoms. The average molecular weight is 231 g/mol. The van der Waals surface area contributed by atoms with Crippen LogP contribution in [0.5, 0.6) is 0 Å². The summed E-state index contributed by atoms with van der Waals surface area (Å²) in [5.41, 5.74) is 4.20. The number of nitrogens with two attached hydrogens (primary N) is 1. The summed E-state index contributed by atoms with van der Waals surface area (Å²) < 4.78 is 9.67. The lowest BCUT2D eigenvalue weighted by Gasteiger charge is -2.31. The number of rotatable bonds is 5. The van der Waals surface area contributed by atoms with Gasteiger partial charge < -0.3 is 15.2 Å². The molecule has 2 N–H and O–H groups in total. The highest BCUT2D eigenvalue weighted by Gasteiger charge is 2.36. The first-order valence-electron chi connectivity index (χ1n) is 4.78. The fourth-order valence-electron chi connectivity index (χ4n) is 1.18. The van der Waals surface area contributed by atoms with Crippen LogP contribution in [0, 0.1) is 5.41 Å². The first-order valence-corrected chi connectivity index (χ1v) is 4.78. The minimum atomic E-state index is -1.12. The highest BCUT2D eigenvalue weighted by atomic mass is 16.7. The molecule has 0 aliphatic rings. The van der Waals surface area contributed by atoms with Crippen molar-refractivity contribution in [3.8, 4) is 0 Å². The molecule has 6 nitrogen and oxygen atoms in total. The Kier molecular flexibility index (Phi) is 4.94. The molecule has 0 aliphatic heterocycles. The van der Waals surface area contributed by atoms with Gasteiger partial charge in [0.1, 0.15) is 0 Å². The monoisotopic (exact) mass is 231 g/mol. The molecule has 92 valence electrons. The van der Waals surface area contributed by atoms with Crippen LogP contribution < -0.4 is 5.73 Å². The summed E-state index contributed by atoms with van der Waals surface area (Å²) in [6, 6.07) is 0. The third-order valence-electron chi connectivity index (χ3n) is 1.81. The SMILES string of the molecule is CC(=O)OC(OC(C)=O)C(C)(C)CC(N)=O. The van der Waals surface area contributed by atoms with Crippen LogP contribution >= 0.6 is 0 Å². The van der Waals surface area contributed by atoms with Crippen molar-refractivity contribution in [3.05, 3.63) is 0 Å². The number of amides is 1. The van der Waals surface area contributed by atoms with Crippen LogP contribution in [-0.4, -0.2) is 24.1 Å². The van der Waals surface area contributed by atoms with Crippen LogP contribution in [0.15, 0.2) is 0 Å². The van der Waals surface area contributed by atoms with E-state index in [1.54, 1.807) is 13.8 Å². The number of esters is 2. The van der Waals surface area contributed by atoms with Crippen molar-refractivity contribution in [2.24, 2.45) is 11.1 Å². The van der Waals surface area contributed by atoms with Gasteiger partial charge in [0, 0.05) is 25.7 Å². The van der Waals surface area contributed by atoms with Crippen LogP contribution in [0.4, 0.5) is 0 Å². The van der Waals surface area contributed by atoms with Crippen LogP contribution in [0.2, 0.25) is 0 Å². The van der Waals surface area contributed by atoms with Gasteiger partial charge in [-0.3, -0.25) is 14.4 Å². The molecular formula is C10H17NO5. The zero-order chi connectivity index (χ0) is 12.9. The lowest BCUT2D eigenvalue weighted by atomic mass is 9.88. The molecule has 0 aromatic carbocycles. The van der Waals surface area contributed by atoms with Gasteiger partial charge in [0.15, 0.2) is 0 Å². The highest BCUT2D eigenvalue weighted by Crippen LogP contribution is 2.28. The predicted octanol–water partition coefficient (Wildman–Crippen LogP) is 0.340. The topological polar surface area (TPSA) is 95.7 Å². The number of hydrogen-bond acceptors (Lipinski definition) is 5. The molecule has 1 amide bonds. The van der Waals surface area contributed by atoms with Crippen LogP contribution in [0.1, 0.15) is 34.1 Å². The Labute approximate surface area is 94.1 Å². The normalized spacial score (nSPS) is 11.1. The molecule has 0 atom stereocenters. The molecule has 0 spiro atoms. The summed E-state index contributed by atoms with van der Waals surface area (Å²) in [6.07, 6.45) is -1.17. The molecule has 0 rings (SSSR count). The van der Waals surface area contributed by atoms with E-state index in [1.165, 1.54) is 13.8 Å². The Morgan fingerprint density at radius 1 is 1.12 bits per heavy atom. The molecule has 0 bridgehead atoms. The van der Waals surface area contributed by atoms with E-state index >= 15 is 0 Å². The number of hydrogen-bond donors (Lipinski definition) is 1. The van der Waals surface area contributed by atoms with E-state index in [9.17, 15) is 14.4 Å². The third-order valence-corrected chi connectivity index (χ3v) is 1.81. The largest absolute Gasteiger partial charge is 0.425 e. The van der Waals surface area contributed by atoms with Crippen LogP contribution in [0.25, 0.3) is 0 Å². The molecular weight excluding hydrogens is 214 g/mol. The zero-order valence-electron chi connectivity index (χ0n) is 9.90. The average Bonchev–Trinajstić information content (AvgIpc) is 1.98. The molecule has 6 heteroatoms. The van der Waals surface area contributed by atoms with Gasteiger partial charge in [0.2, 0.25) is 5.91 Å². The molecule has 0 radical (unpaired) electrons. The van der Waals surface area contributed by atoms with Gasteiger partial charge in [-0.2, -0.15) is 0 Å². The number of carbonyl (C=O) groups is 3. The molecule has 0 aromatic heterocycles. The van der Waals surface area contributed by atoms with Crippen molar-refractivity contribution < 1.29 is 23.9 Å². The van der Waals surface area contributed by atoms with Crippen molar-refractivity contribution in [3.63, 3.8) is 0 Å². The van der Waals surface area contributed by atoms with Gasteiger partial charge in [0.25, 0.3) is 6.29 Å². The Bertz CT molecular complexity index is 282. The van der Waals surface area contributed by atoms with E-state index in [0.717, 1.165) is 0 Å². The molecule has 0 unspecified atom stereocenters. The third kappa shape index (κ3) is 5.33. The Balaban J connectivity index is 4.77. The maximum Gasteiger partial charge on any atom is 0.305 e. The molecule has 0 aliphatic carbocycles. The van der Waals surface area contributed by atoms with Crippen LogP contribution in [0.3, 0.4) is 0 Å². The van der Waals surface area contributed by atoms with Gasteiger partial charge in [-0.15, -0.1) is 0 Å². The fourth-order valence-corrected chi connectivity index (χ4v) is 1.18. The second-order valence-electron chi connectivity index (χ2n) is 4.18. The maximum atomic E-state index is 10.8. The first kappa shape index (κ1) is 14.4. The molecule has 0 heterocycles. The van der Waals surface area contributed by atoms with Gasteiger partial charge in [0.05, 0.1) is 0 Å². The Hall–Kier alpha value is -1.59. The van der Waals surface area contributed by atoms with E-state index in [2.05, 4.69) is 0 Å². The smallest absolute Gasteiger partial charge is 0.305 e. The van der Waals surface area contributed by atoms with E-state index in [-0.39, 0.29) is 6.42 Å². The summed E-state index contributed by atoms with van der Waals surface area (Å²) in [4.78, 5) is 32.5. The van der Waals surface area contributed by atoms with Crippen LogP contribution in [-0.2, 0) is 23.9 Å². The molecule has 0 fully saturated rings. The minimum Gasteiger partial charge on any atom is -0.425 e. The van der Waals surface area contributed by atoms with E-state index in [0.29, 0.717) is 0 Å². The predicted molar refractivity (Wildman–Crippen MR) is 54.9 cm³/mol. The second-order valence-corrected chi connectivity index (χ2v) is 4.18. The summed E-state index contributed by atoms with van der Waals surface area (Å²) in [7, 11) is 0. The summed E-state index contributed by atoms with van der Waals surface area (Å²) >= 11 is 0. The Morgan fingerprint density at radius 2 is 1.50 bits per heavy atom. The van der Waals surface area contributed by atoms with Crippen molar-refractivity contribution in [1.82, 2.24) is 0 Å². The Morgan fingerprint density at radius 3 is 1.75 bits per heavy atom. The lowest BCUT2D eigenvalue weighted by Crippen LogP contribution is -2.39. The minimum absolute atomic E-state index is 0.0573. The van der Waals surface area contributed by atoms with E-state index < -0.39 is 29.6 Å². The first-order chi connectivity index (χ1) is 7.15.